The molecule has 1 atom stereocenters. The average molecular weight is 375 g/mol. The van der Waals surface area contributed by atoms with Crippen LogP contribution in [-0.2, 0) is 12.8 Å². The Labute approximate surface area is 142 Å². The van der Waals surface area contributed by atoms with Gasteiger partial charge in [-0.25, -0.2) is 0 Å². The van der Waals surface area contributed by atoms with Crippen molar-refractivity contribution in [3.63, 3.8) is 0 Å². The Kier molecular flexibility index (Phi) is 4.32. The Bertz CT molecular complexity index is 775. The van der Waals surface area contributed by atoms with E-state index in [9.17, 15) is 10.1 Å². The van der Waals surface area contributed by atoms with E-state index in [-0.39, 0.29) is 5.91 Å². The van der Waals surface area contributed by atoms with Crippen molar-refractivity contribution in [1.82, 2.24) is 0 Å². The smallest absolute Gasteiger partial charge is 0.257 e. The van der Waals surface area contributed by atoms with Crippen molar-refractivity contribution < 1.29 is 4.79 Å². The summed E-state index contributed by atoms with van der Waals surface area (Å²) in [5.41, 5.74) is 2.35. The fraction of sp³-hybridized carbons (Fsp3) is 0.294. The summed E-state index contributed by atoms with van der Waals surface area (Å²) >= 11 is 4.94. The van der Waals surface area contributed by atoms with E-state index in [0.29, 0.717) is 22.0 Å². The fourth-order valence-electron chi connectivity index (χ4n) is 2.77. The highest BCUT2D eigenvalue weighted by Crippen LogP contribution is 2.39. The lowest BCUT2D eigenvalue weighted by atomic mass is 9.88. The van der Waals surface area contributed by atoms with Crippen LogP contribution in [0.1, 0.15) is 39.7 Å². The van der Waals surface area contributed by atoms with E-state index in [1.807, 2.05) is 18.2 Å². The molecule has 0 saturated carbocycles. The van der Waals surface area contributed by atoms with Gasteiger partial charge in [-0.3, -0.25) is 4.79 Å². The number of thiophene rings is 1. The third-order valence-electron chi connectivity index (χ3n) is 3.97. The van der Waals surface area contributed by atoms with Gasteiger partial charge in [0.2, 0.25) is 0 Å². The van der Waals surface area contributed by atoms with Crippen LogP contribution in [0.25, 0.3) is 0 Å². The molecule has 22 heavy (non-hydrogen) atoms. The molecule has 1 N–H and O–H groups in total. The number of rotatable bonds is 2. The number of fused-ring (bicyclic) bond motifs is 1. The molecule has 3 nitrogen and oxygen atoms in total. The zero-order chi connectivity index (χ0) is 15.7. The van der Waals surface area contributed by atoms with Crippen molar-refractivity contribution >= 4 is 38.2 Å². The largest absolute Gasteiger partial charge is 0.312 e. The third-order valence-corrected chi connectivity index (χ3v) is 5.83. The number of hydrogen-bond acceptors (Lipinski definition) is 3. The van der Waals surface area contributed by atoms with Gasteiger partial charge in [-0.05, 0) is 58.8 Å². The van der Waals surface area contributed by atoms with Gasteiger partial charge in [-0.1, -0.05) is 19.1 Å². The molecule has 0 bridgehead atoms. The second kappa shape index (κ2) is 6.23. The topological polar surface area (TPSA) is 52.9 Å². The predicted octanol–water partition coefficient (Wildman–Crippen LogP) is 4.76. The molecule has 0 unspecified atom stereocenters. The van der Waals surface area contributed by atoms with Crippen molar-refractivity contribution in [3.05, 3.63) is 50.3 Å². The summed E-state index contributed by atoms with van der Waals surface area (Å²) in [7, 11) is 0. The lowest BCUT2D eigenvalue weighted by molar-refractivity contribution is 0.102. The number of nitriles is 1. The first-order valence-electron chi connectivity index (χ1n) is 7.20. The average Bonchev–Trinajstić information content (AvgIpc) is 2.83. The van der Waals surface area contributed by atoms with Crippen LogP contribution in [0.4, 0.5) is 5.00 Å². The molecule has 1 aliphatic rings. The second-order valence-electron chi connectivity index (χ2n) is 5.60. The van der Waals surface area contributed by atoms with E-state index < -0.39 is 0 Å². The van der Waals surface area contributed by atoms with Crippen molar-refractivity contribution in [2.24, 2.45) is 5.92 Å². The molecule has 2 aromatic rings. The number of nitrogens with zero attached hydrogens (tertiary/aromatic N) is 1. The maximum atomic E-state index is 12.4. The number of benzene rings is 1. The minimum atomic E-state index is -0.185. The first-order chi connectivity index (χ1) is 10.6. The molecule has 5 heteroatoms. The van der Waals surface area contributed by atoms with Gasteiger partial charge in [0.15, 0.2) is 0 Å². The number of carbonyl (C=O) groups excluding carboxylic acids is 1. The Hall–Kier alpha value is -1.64. The van der Waals surface area contributed by atoms with Crippen LogP contribution < -0.4 is 5.32 Å². The van der Waals surface area contributed by atoms with Crippen LogP contribution in [0.5, 0.6) is 0 Å². The Morgan fingerprint density at radius 1 is 1.45 bits per heavy atom. The molecular formula is C17H15BrN2OS. The molecule has 0 radical (unpaired) electrons. The van der Waals surface area contributed by atoms with Gasteiger partial charge in [0.25, 0.3) is 5.91 Å². The summed E-state index contributed by atoms with van der Waals surface area (Å²) < 4.78 is 0.751. The molecule has 1 aromatic heterocycles. The molecule has 0 saturated heterocycles. The van der Waals surface area contributed by atoms with Gasteiger partial charge >= 0.3 is 0 Å². The fourth-order valence-corrected chi connectivity index (χ4v) is 4.59. The van der Waals surface area contributed by atoms with E-state index in [1.165, 1.54) is 4.88 Å². The normalized spacial score (nSPS) is 16.7. The number of nitrogens with one attached hydrogen (secondary N) is 1. The number of amides is 1. The minimum Gasteiger partial charge on any atom is -0.312 e. The number of halogens is 1. The Morgan fingerprint density at radius 3 is 2.95 bits per heavy atom. The summed E-state index contributed by atoms with van der Waals surface area (Å²) in [6.07, 6.45) is 3.04. The number of anilines is 1. The van der Waals surface area contributed by atoms with Crippen LogP contribution in [0.2, 0.25) is 0 Å². The Balaban J connectivity index is 1.92. The van der Waals surface area contributed by atoms with Crippen LogP contribution in [0, 0.1) is 17.2 Å². The van der Waals surface area contributed by atoms with Crippen LogP contribution in [-0.4, -0.2) is 5.91 Å². The van der Waals surface area contributed by atoms with E-state index in [0.717, 1.165) is 29.3 Å². The van der Waals surface area contributed by atoms with Gasteiger partial charge in [0.05, 0.1) is 11.1 Å². The zero-order valence-corrected chi connectivity index (χ0v) is 14.6. The molecule has 1 aliphatic carbocycles. The summed E-state index contributed by atoms with van der Waals surface area (Å²) in [6.45, 7) is 2.23. The standard InChI is InChI=1S/C17H15BrN2OS/c1-10-6-7-11-13(9-19)17(22-15(11)8-10)20-16(21)12-4-2-3-5-14(12)18/h2-5,10H,6-8H2,1H3,(H,20,21)/t10-/m1/s1. The molecule has 0 spiro atoms. The third kappa shape index (κ3) is 2.81. The predicted molar refractivity (Wildman–Crippen MR) is 92.3 cm³/mol. The molecule has 3 rings (SSSR count). The van der Waals surface area contributed by atoms with E-state index in [1.54, 1.807) is 17.4 Å². The summed E-state index contributed by atoms with van der Waals surface area (Å²) in [4.78, 5) is 13.7. The maximum Gasteiger partial charge on any atom is 0.257 e. The van der Waals surface area contributed by atoms with Gasteiger partial charge < -0.3 is 5.32 Å². The zero-order valence-electron chi connectivity index (χ0n) is 12.1. The molecule has 1 aromatic carbocycles. The van der Waals surface area contributed by atoms with Crippen LogP contribution in [0.3, 0.4) is 0 Å². The van der Waals surface area contributed by atoms with Gasteiger partial charge in [-0.2, -0.15) is 5.26 Å². The second-order valence-corrected chi connectivity index (χ2v) is 7.56. The molecule has 1 amide bonds. The molecule has 1 heterocycles. The lowest BCUT2D eigenvalue weighted by Gasteiger charge is -2.17. The summed E-state index contributed by atoms with van der Waals surface area (Å²) in [5, 5.41) is 13.1. The molecule has 0 aliphatic heterocycles. The van der Waals surface area contributed by atoms with E-state index in [4.69, 9.17) is 0 Å². The quantitative estimate of drug-likeness (QED) is 0.823. The van der Waals surface area contributed by atoms with Gasteiger partial charge in [0, 0.05) is 9.35 Å². The lowest BCUT2D eigenvalue weighted by Crippen LogP contribution is -2.12. The minimum absolute atomic E-state index is 0.185. The van der Waals surface area contributed by atoms with Crippen LogP contribution >= 0.6 is 27.3 Å². The first-order valence-corrected chi connectivity index (χ1v) is 8.81. The molecule has 112 valence electrons. The van der Waals surface area contributed by atoms with Gasteiger partial charge in [0.1, 0.15) is 11.1 Å². The first kappa shape index (κ1) is 15.3. The van der Waals surface area contributed by atoms with Crippen molar-refractivity contribution in [2.75, 3.05) is 5.32 Å². The van der Waals surface area contributed by atoms with Crippen molar-refractivity contribution in [2.45, 2.75) is 26.2 Å². The van der Waals surface area contributed by atoms with E-state index >= 15 is 0 Å². The maximum absolute atomic E-state index is 12.4. The van der Waals surface area contributed by atoms with Crippen LogP contribution in [0.15, 0.2) is 28.7 Å². The van der Waals surface area contributed by atoms with E-state index in [2.05, 4.69) is 34.2 Å². The summed E-state index contributed by atoms with van der Waals surface area (Å²) in [5.74, 6) is 0.458. The van der Waals surface area contributed by atoms with Gasteiger partial charge in [-0.15, -0.1) is 11.3 Å². The van der Waals surface area contributed by atoms with Crippen molar-refractivity contribution in [1.29, 1.82) is 5.26 Å². The SMILES string of the molecule is C[C@@H]1CCc2c(sc(NC(=O)c3ccccc3Br)c2C#N)C1. The molecule has 0 fully saturated rings. The number of carbonyl (C=O) groups is 1. The Morgan fingerprint density at radius 2 is 2.23 bits per heavy atom. The summed E-state index contributed by atoms with van der Waals surface area (Å²) in [6, 6.07) is 9.57. The number of hydrogen-bond donors (Lipinski definition) is 1. The highest BCUT2D eigenvalue weighted by molar-refractivity contribution is 9.10. The van der Waals surface area contributed by atoms with Crippen molar-refractivity contribution in [3.8, 4) is 6.07 Å². The molecular weight excluding hydrogens is 360 g/mol. The highest BCUT2D eigenvalue weighted by atomic mass is 79.9. The highest BCUT2D eigenvalue weighted by Gasteiger charge is 2.25. The monoisotopic (exact) mass is 374 g/mol.